The van der Waals surface area contributed by atoms with Crippen molar-refractivity contribution in [3.8, 4) is 0 Å². The quantitative estimate of drug-likeness (QED) is 0.755. The molecule has 0 aromatic heterocycles. The second-order valence-electron chi connectivity index (χ2n) is 5.20. The Kier molecular flexibility index (Phi) is 6.73. The van der Waals surface area contributed by atoms with Gasteiger partial charge in [0.1, 0.15) is 5.82 Å². The first kappa shape index (κ1) is 18.0. The van der Waals surface area contributed by atoms with Gasteiger partial charge in [-0.1, -0.05) is 6.92 Å². The Morgan fingerprint density at radius 1 is 1.33 bits per heavy atom. The van der Waals surface area contributed by atoms with Crippen LogP contribution in [0.2, 0.25) is 0 Å². The van der Waals surface area contributed by atoms with Crippen molar-refractivity contribution < 1.29 is 12.8 Å². The van der Waals surface area contributed by atoms with E-state index in [1.165, 1.54) is 18.2 Å². The maximum absolute atomic E-state index is 13.6. The number of halogens is 1. The van der Waals surface area contributed by atoms with E-state index in [-0.39, 0.29) is 10.9 Å². The summed E-state index contributed by atoms with van der Waals surface area (Å²) in [6, 6.07) is 3.92. The van der Waals surface area contributed by atoms with E-state index >= 15 is 0 Å². The van der Waals surface area contributed by atoms with Crippen molar-refractivity contribution in [3.63, 3.8) is 0 Å². The molecule has 0 saturated carbocycles. The van der Waals surface area contributed by atoms with Gasteiger partial charge in [0, 0.05) is 24.7 Å². The van der Waals surface area contributed by atoms with Crippen molar-refractivity contribution in [3.05, 3.63) is 29.6 Å². The summed E-state index contributed by atoms with van der Waals surface area (Å²) < 4.78 is 40.6. The van der Waals surface area contributed by atoms with Crippen LogP contribution in [0.25, 0.3) is 0 Å². The Labute approximate surface area is 126 Å². The number of nitrogens with zero attached hydrogens (tertiary/aromatic N) is 1. The SMILES string of the molecule is CCNCc1cc(S(=O)(=O)NCC(C)N(C)C)ccc1F. The molecule has 21 heavy (non-hydrogen) atoms. The normalized spacial score (nSPS) is 13.6. The van der Waals surface area contributed by atoms with Crippen LogP contribution in [-0.2, 0) is 16.6 Å². The molecule has 120 valence electrons. The van der Waals surface area contributed by atoms with Crippen LogP contribution in [0, 0.1) is 5.82 Å². The van der Waals surface area contributed by atoms with E-state index in [1.807, 2.05) is 32.8 Å². The van der Waals surface area contributed by atoms with E-state index in [0.29, 0.717) is 25.2 Å². The number of likely N-dealkylation sites (N-methyl/N-ethyl adjacent to an activating group) is 1. The monoisotopic (exact) mass is 317 g/mol. The van der Waals surface area contributed by atoms with Gasteiger partial charge in [0.2, 0.25) is 10.0 Å². The molecule has 1 unspecified atom stereocenters. The van der Waals surface area contributed by atoms with E-state index in [1.54, 1.807) is 0 Å². The van der Waals surface area contributed by atoms with Gasteiger partial charge < -0.3 is 10.2 Å². The zero-order chi connectivity index (χ0) is 16.0. The van der Waals surface area contributed by atoms with Crippen molar-refractivity contribution >= 4 is 10.0 Å². The van der Waals surface area contributed by atoms with Crippen LogP contribution in [-0.4, -0.2) is 46.5 Å². The van der Waals surface area contributed by atoms with Crippen LogP contribution in [0.4, 0.5) is 4.39 Å². The van der Waals surface area contributed by atoms with E-state index in [4.69, 9.17) is 0 Å². The molecular weight excluding hydrogens is 293 g/mol. The Hall–Kier alpha value is -1.02. The van der Waals surface area contributed by atoms with Crippen molar-refractivity contribution in [2.24, 2.45) is 0 Å². The third kappa shape index (κ3) is 5.35. The lowest BCUT2D eigenvalue weighted by atomic mass is 10.2. The van der Waals surface area contributed by atoms with Crippen LogP contribution in [0.5, 0.6) is 0 Å². The average Bonchev–Trinajstić information content (AvgIpc) is 2.43. The van der Waals surface area contributed by atoms with E-state index < -0.39 is 15.8 Å². The smallest absolute Gasteiger partial charge is 0.240 e. The lowest BCUT2D eigenvalue weighted by molar-refractivity contribution is 0.314. The largest absolute Gasteiger partial charge is 0.313 e. The average molecular weight is 317 g/mol. The van der Waals surface area contributed by atoms with Gasteiger partial charge >= 0.3 is 0 Å². The molecule has 2 N–H and O–H groups in total. The lowest BCUT2D eigenvalue weighted by Gasteiger charge is -2.20. The van der Waals surface area contributed by atoms with Crippen molar-refractivity contribution in [2.45, 2.75) is 31.3 Å². The van der Waals surface area contributed by atoms with Crippen LogP contribution < -0.4 is 10.0 Å². The van der Waals surface area contributed by atoms with Crippen molar-refractivity contribution in [1.29, 1.82) is 0 Å². The van der Waals surface area contributed by atoms with Crippen LogP contribution >= 0.6 is 0 Å². The Bertz CT molecular complexity index is 561. The minimum atomic E-state index is -3.62. The molecule has 0 radical (unpaired) electrons. The second kappa shape index (κ2) is 7.84. The first-order chi connectivity index (χ1) is 9.77. The van der Waals surface area contributed by atoms with E-state index in [2.05, 4.69) is 10.0 Å². The van der Waals surface area contributed by atoms with Gasteiger partial charge in [-0.2, -0.15) is 0 Å². The summed E-state index contributed by atoms with van der Waals surface area (Å²) >= 11 is 0. The fourth-order valence-corrected chi connectivity index (χ4v) is 2.78. The molecule has 0 bridgehead atoms. The lowest BCUT2D eigenvalue weighted by Crippen LogP contribution is -2.38. The molecule has 0 amide bonds. The standard InChI is InChI=1S/C14H24FN3O2S/c1-5-16-10-12-8-13(6-7-14(12)15)21(19,20)17-9-11(2)18(3)4/h6-8,11,16-17H,5,9-10H2,1-4H3. The highest BCUT2D eigenvalue weighted by molar-refractivity contribution is 7.89. The molecular formula is C14H24FN3O2S. The Morgan fingerprint density at radius 2 is 2.00 bits per heavy atom. The first-order valence-corrected chi connectivity index (χ1v) is 8.41. The molecule has 0 fully saturated rings. The van der Waals surface area contributed by atoms with Crippen LogP contribution in [0.15, 0.2) is 23.1 Å². The molecule has 5 nitrogen and oxygen atoms in total. The summed E-state index contributed by atoms with van der Waals surface area (Å²) in [4.78, 5) is 2.01. The maximum atomic E-state index is 13.6. The molecule has 0 heterocycles. The minimum Gasteiger partial charge on any atom is -0.313 e. The molecule has 0 aliphatic rings. The Morgan fingerprint density at radius 3 is 2.57 bits per heavy atom. The third-order valence-corrected chi connectivity index (χ3v) is 4.76. The molecule has 0 aliphatic carbocycles. The summed E-state index contributed by atoms with van der Waals surface area (Å²) in [5, 5.41) is 2.99. The van der Waals surface area contributed by atoms with Crippen LogP contribution in [0.3, 0.4) is 0 Å². The summed E-state index contributed by atoms with van der Waals surface area (Å²) in [6.45, 7) is 5.12. The number of nitrogens with one attached hydrogen (secondary N) is 2. The highest BCUT2D eigenvalue weighted by atomic mass is 32.2. The predicted molar refractivity (Wildman–Crippen MR) is 82.1 cm³/mol. The highest BCUT2D eigenvalue weighted by Crippen LogP contribution is 2.15. The number of sulfonamides is 1. The summed E-state index contributed by atoms with van der Waals surface area (Å²) in [7, 11) is 0.136. The van der Waals surface area contributed by atoms with Gasteiger partial charge in [0.25, 0.3) is 0 Å². The third-order valence-electron chi connectivity index (χ3n) is 3.34. The number of hydrogen-bond donors (Lipinski definition) is 2. The number of rotatable bonds is 8. The predicted octanol–water partition coefficient (Wildman–Crippen LogP) is 1.16. The summed E-state index contributed by atoms with van der Waals surface area (Å²) in [5.74, 6) is -0.406. The first-order valence-electron chi connectivity index (χ1n) is 6.93. The van der Waals surface area contributed by atoms with Gasteiger partial charge in [-0.05, 0) is 45.8 Å². The molecule has 0 spiro atoms. The van der Waals surface area contributed by atoms with Gasteiger partial charge in [0.15, 0.2) is 0 Å². The molecule has 0 saturated heterocycles. The zero-order valence-corrected chi connectivity index (χ0v) is 13.8. The van der Waals surface area contributed by atoms with E-state index in [9.17, 15) is 12.8 Å². The van der Waals surface area contributed by atoms with Crippen LogP contribution in [0.1, 0.15) is 19.4 Å². The molecule has 7 heteroatoms. The minimum absolute atomic E-state index is 0.0708. The zero-order valence-electron chi connectivity index (χ0n) is 13.0. The fraction of sp³-hybridized carbons (Fsp3) is 0.571. The topological polar surface area (TPSA) is 61.4 Å². The molecule has 1 atom stereocenters. The fourth-order valence-electron chi connectivity index (χ4n) is 1.61. The molecule has 1 aromatic rings. The van der Waals surface area contributed by atoms with Gasteiger partial charge in [0.05, 0.1) is 4.90 Å². The summed E-state index contributed by atoms with van der Waals surface area (Å²) in [6.07, 6.45) is 0. The van der Waals surface area contributed by atoms with Gasteiger partial charge in [-0.25, -0.2) is 17.5 Å². The number of hydrogen-bond acceptors (Lipinski definition) is 4. The van der Waals surface area contributed by atoms with E-state index in [0.717, 1.165) is 0 Å². The second-order valence-corrected chi connectivity index (χ2v) is 6.97. The van der Waals surface area contributed by atoms with Crippen molar-refractivity contribution in [1.82, 2.24) is 14.9 Å². The number of benzene rings is 1. The maximum Gasteiger partial charge on any atom is 0.240 e. The Balaban J connectivity index is 2.88. The van der Waals surface area contributed by atoms with Crippen molar-refractivity contribution in [2.75, 3.05) is 27.2 Å². The molecule has 1 rings (SSSR count). The molecule has 0 aliphatic heterocycles. The summed E-state index contributed by atoms with van der Waals surface area (Å²) in [5.41, 5.74) is 0.348. The van der Waals surface area contributed by atoms with Gasteiger partial charge in [-0.15, -0.1) is 0 Å². The highest BCUT2D eigenvalue weighted by Gasteiger charge is 2.17. The molecule has 1 aromatic carbocycles. The van der Waals surface area contributed by atoms with Gasteiger partial charge in [-0.3, -0.25) is 0 Å².